The second kappa shape index (κ2) is 12.9. The molecule has 8 nitrogen and oxygen atoms in total. The van der Waals surface area contributed by atoms with Crippen LogP contribution in [0.4, 0.5) is 0 Å². The average molecular weight is 523 g/mol. The fourth-order valence-electron chi connectivity index (χ4n) is 2.34. The topological polar surface area (TPSA) is 112 Å². The zero-order valence-electron chi connectivity index (χ0n) is 16.1. The molecule has 0 unspecified atom stereocenters. The molecule has 1 saturated carbocycles. The van der Waals surface area contributed by atoms with Crippen LogP contribution in [0.5, 0.6) is 0 Å². The summed E-state index contributed by atoms with van der Waals surface area (Å²) < 4.78 is 26.7. The molecule has 0 heterocycles. The first-order chi connectivity index (χ1) is 13.0. The maximum atomic E-state index is 12.1. The Morgan fingerprint density at radius 3 is 2.43 bits per heavy atom. The Hall–Kier alpha value is -1.40. The van der Waals surface area contributed by atoms with Crippen LogP contribution in [0.25, 0.3) is 0 Å². The molecule has 1 aromatic carbocycles. The predicted molar refractivity (Wildman–Crippen MR) is 122 cm³/mol. The van der Waals surface area contributed by atoms with E-state index in [1.165, 1.54) is 0 Å². The van der Waals surface area contributed by atoms with Gasteiger partial charge in [0.1, 0.15) is 0 Å². The molecule has 1 aliphatic rings. The van der Waals surface area contributed by atoms with Crippen LogP contribution in [0, 0.1) is 5.92 Å². The highest BCUT2D eigenvalue weighted by Crippen LogP contribution is 2.28. The first-order valence-electron chi connectivity index (χ1n) is 9.31. The van der Waals surface area contributed by atoms with Gasteiger partial charge in [0.05, 0.1) is 12.3 Å². The minimum atomic E-state index is -3.40. The van der Waals surface area contributed by atoms with Crippen LogP contribution >= 0.6 is 24.0 Å². The monoisotopic (exact) mass is 523 g/mol. The largest absolute Gasteiger partial charge is 0.357 e. The standard InChI is InChI=1S/C18H29N5O3S.HI/c1-2-19-18(21-11-10-20-17(24)16-8-9-16)22-12-13-27(25,26)23-14-15-6-4-3-5-7-15;/h3-7,16,23H,2,8-14H2,1H3,(H,20,24)(H2,19,21,22);1H. The van der Waals surface area contributed by atoms with Gasteiger partial charge in [0, 0.05) is 32.1 Å². The van der Waals surface area contributed by atoms with Crippen molar-refractivity contribution in [3.05, 3.63) is 35.9 Å². The van der Waals surface area contributed by atoms with Gasteiger partial charge in [0.15, 0.2) is 5.96 Å². The molecule has 0 bridgehead atoms. The summed E-state index contributed by atoms with van der Waals surface area (Å²) in [6.45, 7) is 4.06. The summed E-state index contributed by atoms with van der Waals surface area (Å²) in [6, 6.07) is 9.37. The number of carbonyl (C=O) groups is 1. The number of carbonyl (C=O) groups excluding carboxylic acids is 1. The van der Waals surface area contributed by atoms with Crippen molar-refractivity contribution in [2.24, 2.45) is 10.9 Å². The van der Waals surface area contributed by atoms with Crippen molar-refractivity contribution in [3.8, 4) is 0 Å². The van der Waals surface area contributed by atoms with E-state index in [4.69, 9.17) is 0 Å². The molecule has 28 heavy (non-hydrogen) atoms. The molecule has 2 rings (SSSR count). The van der Waals surface area contributed by atoms with Gasteiger partial charge < -0.3 is 16.0 Å². The minimum absolute atomic E-state index is 0. The van der Waals surface area contributed by atoms with Crippen LogP contribution < -0.4 is 20.7 Å². The van der Waals surface area contributed by atoms with Gasteiger partial charge in [-0.2, -0.15) is 0 Å². The fraction of sp³-hybridized carbons (Fsp3) is 0.556. The van der Waals surface area contributed by atoms with Crippen molar-refractivity contribution in [3.63, 3.8) is 0 Å². The molecule has 10 heteroatoms. The van der Waals surface area contributed by atoms with Gasteiger partial charge in [0.25, 0.3) is 0 Å². The van der Waals surface area contributed by atoms with Gasteiger partial charge in [-0.15, -0.1) is 24.0 Å². The van der Waals surface area contributed by atoms with Crippen LogP contribution in [0.2, 0.25) is 0 Å². The normalized spacial score (nSPS) is 14.1. The summed E-state index contributed by atoms with van der Waals surface area (Å²) >= 11 is 0. The summed E-state index contributed by atoms with van der Waals surface area (Å²) in [5.41, 5.74) is 0.910. The van der Waals surface area contributed by atoms with Crippen LogP contribution in [0.3, 0.4) is 0 Å². The van der Waals surface area contributed by atoms with E-state index < -0.39 is 10.0 Å². The molecule has 0 radical (unpaired) electrons. The van der Waals surface area contributed by atoms with Crippen molar-refractivity contribution >= 4 is 45.9 Å². The molecule has 1 aromatic rings. The van der Waals surface area contributed by atoms with E-state index in [-0.39, 0.29) is 54.6 Å². The number of amides is 1. The zero-order valence-corrected chi connectivity index (χ0v) is 19.3. The third-order valence-corrected chi connectivity index (χ3v) is 5.28. The Kier molecular flexibility index (Phi) is 11.4. The first-order valence-corrected chi connectivity index (χ1v) is 11.0. The predicted octanol–water partition coefficient (Wildman–Crippen LogP) is 0.805. The lowest BCUT2D eigenvalue weighted by atomic mass is 10.2. The highest BCUT2D eigenvalue weighted by atomic mass is 127. The number of rotatable bonds is 11. The Morgan fingerprint density at radius 1 is 1.11 bits per heavy atom. The van der Waals surface area contributed by atoms with Crippen LogP contribution in [0.1, 0.15) is 25.3 Å². The molecule has 1 amide bonds. The Bertz CT molecular complexity index is 724. The van der Waals surface area contributed by atoms with Gasteiger partial charge in [-0.05, 0) is 25.3 Å². The highest BCUT2D eigenvalue weighted by molar-refractivity contribution is 14.0. The number of hydrogen-bond acceptors (Lipinski definition) is 4. The lowest BCUT2D eigenvalue weighted by Crippen LogP contribution is -2.42. The van der Waals surface area contributed by atoms with Gasteiger partial charge in [0.2, 0.25) is 15.9 Å². The molecule has 0 aliphatic heterocycles. The van der Waals surface area contributed by atoms with E-state index in [9.17, 15) is 13.2 Å². The fourth-order valence-corrected chi connectivity index (χ4v) is 3.20. The molecular formula is C18H30IN5O3S. The molecule has 0 saturated heterocycles. The van der Waals surface area contributed by atoms with Crippen molar-refractivity contribution in [1.29, 1.82) is 0 Å². The van der Waals surface area contributed by atoms with Crippen LogP contribution in [-0.2, 0) is 21.4 Å². The second-order valence-corrected chi connectivity index (χ2v) is 8.30. The zero-order chi connectivity index (χ0) is 19.5. The maximum absolute atomic E-state index is 12.1. The highest BCUT2D eigenvalue weighted by Gasteiger charge is 2.28. The lowest BCUT2D eigenvalue weighted by molar-refractivity contribution is -0.122. The summed E-state index contributed by atoms with van der Waals surface area (Å²) in [5.74, 6) is 0.751. The van der Waals surface area contributed by atoms with E-state index in [1.54, 1.807) is 0 Å². The maximum Gasteiger partial charge on any atom is 0.223 e. The number of benzene rings is 1. The Balaban J connectivity index is 0.00000392. The molecule has 1 fully saturated rings. The van der Waals surface area contributed by atoms with Gasteiger partial charge in [-0.1, -0.05) is 30.3 Å². The quantitative estimate of drug-likeness (QED) is 0.149. The number of nitrogens with one attached hydrogen (secondary N) is 4. The molecule has 0 atom stereocenters. The molecule has 4 N–H and O–H groups in total. The molecule has 158 valence electrons. The van der Waals surface area contributed by atoms with E-state index in [1.807, 2.05) is 37.3 Å². The van der Waals surface area contributed by atoms with Crippen molar-refractivity contribution in [2.45, 2.75) is 26.3 Å². The summed E-state index contributed by atoms with van der Waals surface area (Å²) in [5, 5.41) is 9.01. The van der Waals surface area contributed by atoms with Gasteiger partial charge >= 0.3 is 0 Å². The van der Waals surface area contributed by atoms with Crippen LogP contribution in [0.15, 0.2) is 35.3 Å². The van der Waals surface area contributed by atoms with E-state index in [2.05, 4.69) is 25.7 Å². The molecule has 0 aromatic heterocycles. The van der Waals surface area contributed by atoms with E-state index >= 15 is 0 Å². The van der Waals surface area contributed by atoms with Crippen molar-refractivity contribution in [2.75, 3.05) is 31.9 Å². The number of halogens is 1. The molecular weight excluding hydrogens is 493 g/mol. The Morgan fingerprint density at radius 2 is 1.79 bits per heavy atom. The Labute approximate surface area is 184 Å². The minimum Gasteiger partial charge on any atom is -0.357 e. The lowest BCUT2D eigenvalue weighted by Gasteiger charge is -2.12. The first kappa shape index (κ1) is 24.6. The number of sulfonamides is 1. The SMILES string of the molecule is CCNC(=NCCS(=O)(=O)NCc1ccccc1)NCCNC(=O)C1CC1.I. The number of nitrogens with zero attached hydrogens (tertiary/aromatic N) is 1. The van der Waals surface area contributed by atoms with Crippen molar-refractivity contribution in [1.82, 2.24) is 20.7 Å². The summed E-state index contributed by atoms with van der Waals surface area (Å²) in [7, 11) is -3.40. The molecule has 1 aliphatic carbocycles. The van der Waals surface area contributed by atoms with E-state index in [0.717, 1.165) is 18.4 Å². The van der Waals surface area contributed by atoms with Crippen molar-refractivity contribution < 1.29 is 13.2 Å². The third kappa shape index (κ3) is 10.2. The van der Waals surface area contributed by atoms with Crippen LogP contribution in [-0.4, -0.2) is 52.2 Å². The van der Waals surface area contributed by atoms with E-state index in [0.29, 0.717) is 25.6 Å². The van der Waals surface area contributed by atoms with Gasteiger partial charge in [-0.25, -0.2) is 13.1 Å². The summed E-state index contributed by atoms with van der Waals surface area (Å²) in [6.07, 6.45) is 1.96. The smallest absolute Gasteiger partial charge is 0.223 e. The number of guanidine groups is 1. The third-order valence-electron chi connectivity index (χ3n) is 3.98. The second-order valence-electron chi connectivity index (χ2n) is 6.38. The number of aliphatic imine (C=N–C) groups is 1. The molecule has 0 spiro atoms. The number of hydrogen-bond donors (Lipinski definition) is 4. The van der Waals surface area contributed by atoms with Gasteiger partial charge in [-0.3, -0.25) is 9.79 Å². The average Bonchev–Trinajstić information content (AvgIpc) is 3.49. The summed E-state index contributed by atoms with van der Waals surface area (Å²) in [4.78, 5) is 15.8.